The lowest BCUT2D eigenvalue weighted by atomic mass is 10.1. The number of hydrogen-bond donors (Lipinski definition) is 3. The molecule has 0 fully saturated rings. The fourth-order valence-corrected chi connectivity index (χ4v) is 3.89. The van der Waals surface area contributed by atoms with Gasteiger partial charge in [-0.3, -0.25) is 14.3 Å². The molecule has 0 spiro atoms. The predicted octanol–water partition coefficient (Wildman–Crippen LogP) is 1.65. The number of aryl methyl sites for hydroxylation is 1. The van der Waals surface area contributed by atoms with Crippen LogP contribution in [0.1, 0.15) is 15.9 Å². The van der Waals surface area contributed by atoms with Crippen LogP contribution in [0.5, 0.6) is 0 Å². The molecule has 1 aromatic heterocycles. The molecule has 0 bridgehead atoms. The zero-order chi connectivity index (χ0) is 19.6. The van der Waals surface area contributed by atoms with Crippen LogP contribution in [0.2, 0.25) is 0 Å². The number of carbonyl (C=O) groups is 1. The lowest BCUT2D eigenvalue weighted by molar-refractivity contribution is 0.100. The maximum atomic E-state index is 12.9. The van der Waals surface area contributed by atoms with Gasteiger partial charge in [-0.15, -0.1) is 0 Å². The topological polar surface area (TPSA) is 135 Å². The number of carbonyl (C=O) groups excluding carboxylic acids is 1. The van der Waals surface area contributed by atoms with Crippen LogP contribution in [0.3, 0.4) is 0 Å². The first-order valence-corrected chi connectivity index (χ1v) is 9.34. The number of amides is 1. The highest BCUT2D eigenvalue weighted by Gasteiger charge is 2.20. The summed E-state index contributed by atoms with van der Waals surface area (Å²) in [6, 6.07) is 13.7. The van der Waals surface area contributed by atoms with E-state index in [0.29, 0.717) is 16.8 Å². The summed E-state index contributed by atoms with van der Waals surface area (Å²) < 4.78 is 28.2. The second-order valence-electron chi connectivity index (χ2n) is 5.80. The van der Waals surface area contributed by atoms with E-state index < -0.39 is 15.9 Å². The quantitative estimate of drug-likeness (QED) is 0.615. The van der Waals surface area contributed by atoms with E-state index in [2.05, 4.69) is 14.9 Å². The zero-order valence-electron chi connectivity index (χ0n) is 14.3. The Morgan fingerprint density at radius 2 is 1.85 bits per heavy atom. The number of anilines is 1. The Morgan fingerprint density at radius 1 is 1.11 bits per heavy atom. The molecule has 0 radical (unpaired) electrons. The number of para-hydroxylation sites is 1. The van der Waals surface area contributed by atoms with Crippen molar-refractivity contribution < 1.29 is 13.2 Å². The van der Waals surface area contributed by atoms with E-state index in [-0.39, 0.29) is 21.7 Å². The fraction of sp³-hybridized carbons (Fsp3) is 0.0556. The lowest BCUT2D eigenvalue weighted by Gasteiger charge is -2.13. The molecule has 0 unspecified atom stereocenters. The Hall–Kier alpha value is -3.46. The monoisotopic (exact) mass is 384 g/mol. The third-order valence-electron chi connectivity index (χ3n) is 3.89. The Bertz CT molecular complexity index is 1170. The van der Waals surface area contributed by atoms with E-state index in [9.17, 15) is 18.0 Å². The Kier molecular flexibility index (Phi) is 4.78. The standard InChI is InChI=1S/C18H16N4O4S/c1-11-6-7-12(14-8-9-17(23)21-20-14)10-16(11)27(25,26)22-15-5-3-2-4-13(15)18(19)24/h2-10,22H,1H3,(H2,19,24)(H,21,23). The Labute approximate surface area is 155 Å². The predicted molar refractivity (Wildman–Crippen MR) is 101 cm³/mol. The third-order valence-corrected chi connectivity index (χ3v) is 5.40. The van der Waals surface area contributed by atoms with Crippen LogP contribution < -0.4 is 16.0 Å². The molecule has 3 rings (SSSR count). The first kappa shape index (κ1) is 18.3. The zero-order valence-corrected chi connectivity index (χ0v) is 15.1. The molecule has 1 heterocycles. The van der Waals surface area contributed by atoms with Gasteiger partial charge in [0.05, 0.1) is 21.8 Å². The number of aromatic amines is 1. The molecule has 2 aromatic carbocycles. The Morgan fingerprint density at radius 3 is 2.52 bits per heavy atom. The number of sulfonamides is 1. The first-order valence-electron chi connectivity index (χ1n) is 7.86. The number of rotatable bonds is 5. The van der Waals surface area contributed by atoms with E-state index in [0.717, 1.165) is 0 Å². The number of benzene rings is 2. The average Bonchev–Trinajstić information content (AvgIpc) is 2.62. The van der Waals surface area contributed by atoms with Gasteiger partial charge in [-0.1, -0.05) is 24.3 Å². The lowest BCUT2D eigenvalue weighted by Crippen LogP contribution is -2.19. The fourth-order valence-electron chi connectivity index (χ4n) is 2.54. The van der Waals surface area contributed by atoms with Crippen molar-refractivity contribution in [2.75, 3.05) is 4.72 Å². The largest absolute Gasteiger partial charge is 0.366 e. The van der Waals surface area contributed by atoms with Crippen molar-refractivity contribution >= 4 is 21.6 Å². The molecule has 1 amide bonds. The summed E-state index contributed by atoms with van der Waals surface area (Å²) in [5.41, 5.74) is 6.55. The minimum atomic E-state index is -4.00. The Balaban J connectivity index is 2.05. The summed E-state index contributed by atoms with van der Waals surface area (Å²) in [6.45, 7) is 1.65. The number of nitrogens with one attached hydrogen (secondary N) is 2. The summed E-state index contributed by atoms with van der Waals surface area (Å²) >= 11 is 0. The van der Waals surface area contributed by atoms with E-state index in [1.807, 2.05) is 0 Å². The molecule has 0 atom stereocenters. The van der Waals surface area contributed by atoms with Crippen molar-refractivity contribution in [2.45, 2.75) is 11.8 Å². The van der Waals surface area contributed by atoms with Gasteiger partial charge in [0, 0.05) is 11.6 Å². The SMILES string of the molecule is Cc1ccc(-c2ccc(=O)[nH]n2)cc1S(=O)(=O)Nc1ccccc1C(N)=O. The van der Waals surface area contributed by atoms with Crippen molar-refractivity contribution in [3.05, 3.63) is 76.1 Å². The van der Waals surface area contributed by atoms with Gasteiger partial charge in [-0.25, -0.2) is 13.5 Å². The number of aromatic nitrogens is 2. The molecule has 8 nitrogen and oxygen atoms in total. The van der Waals surface area contributed by atoms with Crippen LogP contribution in [0, 0.1) is 6.92 Å². The van der Waals surface area contributed by atoms with E-state index in [1.165, 1.54) is 30.3 Å². The van der Waals surface area contributed by atoms with Gasteiger partial charge in [-0.2, -0.15) is 5.10 Å². The highest BCUT2D eigenvalue weighted by atomic mass is 32.2. The first-order chi connectivity index (χ1) is 12.8. The normalized spacial score (nSPS) is 11.1. The summed E-state index contributed by atoms with van der Waals surface area (Å²) in [7, 11) is -4.00. The highest BCUT2D eigenvalue weighted by Crippen LogP contribution is 2.26. The molecular formula is C18H16N4O4S. The summed E-state index contributed by atoms with van der Waals surface area (Å²) in [4.78, 5) is 22.7. The van der Waals surface area contributed by atoms with Crippen LogP contribution >= 0.6 is 0 Å². The van der Waals surface area contributed by atoms with E-state index in [1.54, 1.807) is 31.2 Å². The molecule has 0 saturated carbocycles. The van der Waals surface area contributed by atoms with Crippen molar-refractivity contribution in [1.82, 2.24) is 10.2 Å². The summed E-state index contributed by atoms with van der Waals surface area (Å²) in [6.07, 6.45) is 0. The smallest absolute Gasteiger partial charge is 0.264 e. The van der Waals surface area contributed by atoms with E-state index >= 15 is 0 Å². The van der Waals surface area contributed by atoms with Gasteiger partial charge < -0.3 is 5.73 Å². The van der Waals surface area contributed by atoms with Crippen LogP contribution in [-0.4, -0.2) is 24.5 Å². The summed E-state index contributed by atoms with van der Waals surface area (Å²) in [5.74, 6) is -0.740. The van der Waals surface area contributed by atoms with Crippen molar-refractivity contribution in [1.29, 1.82) is 0 Å². The van der Waals surface area contributed by atoms with Gasteiger partial charge in [-0.05, 0) is 36.8 Å². The number of H-pyrrole nitrogens is 1. The van der Waals surface area contributed by atoms with Crippen LogP contribution in [0.25, 0.3) is 11.3 Å². The van der Waals surface area contributed by atoms with Crippen molar-refractivity contribution in [2.24, 2.45) is 5.73 Å². The average molecular weight is 384 g/mol. The van der Waals surface area contributed by atoms with Gasteiger partial charge in [0.1, 0.15) is 0 Å². The van der Waals surface area contributed by atoms with Gasteiger partial charge >= 0.3 is 0 Å². The molecule has 4 N–H and O–H groups in total. The summed E-state index contributed by atoms with van der Waals surface area (Å²) in [5, 5.41) is 6.22. The number of primary amides is 1. The van der Waals surface area contributed by atoms with Crippen molar-refractivity contribution in [3.63, 3.8) is 0 Å². The number of nitrogens with zero attached hydrogens (tertiary/aromatic N) is 1. The van der Waals surface area contributed by atoms with Gasteiger partial charge in [0.2, 0.25) is 0 Å². The molecule has 0 aliphatic heterocycles. The van der Waals surface area contributed by atoms with Crippen LogP contribution in [0.15, 0.2) is 64.3 Å². The molecule has 0 saturated heterocycles. The molecule has 27 heavy (non-hydrogen) atoms. The van der Waals surface area contributed by atoms with E-state index in [4.69, 9.17) is 5.73 Å². The molecule has 0 aliphatic carbocycles. The third kappa shape index (κ3) is 3.87. The second-order valence-corrected chi connectivity index (χ2v) is 7.45. The van der Waals surface area contributed by atoms with Crippen LogP contribution in [0.4, 0.5) is 5.69 Å². The molecular weight excluding hydrogens is 368 g/mol. The molecule has 0 aliphatic rings. The minimum absolute atomic E-state index is 0.0206. The minimum Gasteiger partial charge on any atom is -0.366 e. The van der Waals surface area contributed by atoms with Crippen molar-refractivity contribution in [3.8, 4) is 11.3 Å². The van der Waals surface area contributed by atoms with Gasteiger partial charge in [0.15, 0.2) is 0 Å². The molecule has 138 valence electrons. The number of nitrogens with two attached hydrogens (primary N) is 1. The second kappa shape index (κ2) is 7.04. The van der Waals surface area contributed by atoms with Gasteiger partial charge in [0.25, 0.3) is 21.5 Å². The highest BCUT2D eigenvalue weighted by molar-refractivity contribution is 7.92. The molecule has 9 heteroatoms. The maximum Gasteiger partial charge on any atom is 0.264 e. The molecule has 3 aromatic rings. The van der Waals surface area contributed by atoms with Crippen LogP contribution in [-0.2, 0) is 10.0 Å². The maximum absolute atomic E-state index is 12.9. The number of hydrogen-bond acceptors (Lipinski definition) is 5.